The Hall–Kier alpha value is -0.620. The Bertz CT molecular complexity index is 556. The van der Waals surface area contributed by atoms with Crippen LogP contribution in [0.3, 0.4) is 0 Å². The highest BCUT2D eigenvalue weighted by molar-refractivity contribution is 7.52. The van der Waals surface area contributed by atoms with Crippen molar-refractivity contribution in [3.05, 3.63) is 0 Å². The second kappa shape index (κ2) is 7.78. The van der Waals surface area contributed by atoms with E-state index in [4.69, 9.17) is 13.8 Å². The quantitative estimate of drug-likeness (QED) is 0.667. The van der Waals surface area contributed by atoms with Gasteiger partial charge in [-0.15, -0.1) is 4.76 Å². The van der Waals surface area contributed by atoms with Crippen LogP contribution in [0.15, 0.2) is 4.76 Å². The molecule has 0 N–H and O–H groups in total. The van der Waals surface area contributed by atoms with E-state index in [1.54, 1.807) is 0 Å². The third-order valence-electron chi connectivity index (χ3n) is 4.29. The van der Waals surface area contributed by atoms with E-state index in [-0.39, 0.29) is 17.6 Å². The predicted octanol–water partition coefficient (Wildman–Crippen LogP) is 3.75. The summed E-state index contributed by atoms with van der Waals surface area (Å²) in [5, 5.41) is 0. The molecule has 0 aromatic rings. The van der Waals surface area contributed by atoms with Crippen molar-refractivity contribution in [3.63, 3.8) is 0 Å². The van der Waals surface area contributed by atoms with Crippen LogP contribution in [0, 0.1) is 5.41 Å². The molecule has 0 spiro atoms. The van der Waals surface area contributed by atoms with Gasteiger partial charge in [0, 0.05) is 40.2 Å². The number of ether oxygens (including phenoxy) is 1. The van der Waals surface area contributed by atoms with Crippen LogP contribution in [0.2, 0.25) is 0 Å². The maximum Gasteiger partial charge on any atom is 0.457 e. The van der Waals surface area contributed by atoms with Crippen molar-refractivity contribution in [1.29, 1.82) is 0 Å². The maximum atomic E-state index is 13.6. The van der Waals surface area contributed by atoms with Gasteiger partial charge >= 0.3 is 7.75 Å². The Morgan fingerprint density at radius 3 is 2.23 bits per heavy atom. The molecular weight excluding hydrogens is 353 g/mol. The monoisotopic (exact) mass is 389 g/mol. The lowest BCUT2D eigenvalue weighted by molar-refractivity contribution is 0.00916. The summed E-state index contributed by atoms with van der Waals surface area (Å²) < 4.78 is 35.9. The minimum Gasteiger partial charge on any atom is -0.375 e. The van der Waals surface area contributed by atoms with E-state index in [0.717, 1.165) is 19.5 Å². The number of guanidine groups is 1. The largest absolute Gasteiger partial charge is 0.457 e. The van der Waals surface area contributed by atoms with Crippen LogP contribution in [0.5, 0.6) is 0 Å². The van der Waals surface area contributed by atoms with Crippen LogP contribution in [-0.2, 0) is 18.3 Å². The molecule has 2 rings (SSSR count). The van der Waals surface area contributed by atoms with Gasteiger partial charge in [0.1, 0.15) is 0 Å². The molecule has 2 aliphatic heterocycles. The minimum atomic E-state index is -3.69. The van der Waals surface area contributed by atoms with E-state index in [1.807, 2.05) is 44.7 Å². The first-order valence-electron chi connectivity index (χ1n) is 9.41. The minimum absolute atomic E-state index is 0.0915. The van der Waals surface area contributed by atoms with Gasteiger partial charge in [-0.3, -0.25) is 9.05 Å². The third kappa shape index (κ3) is 6.22. The molecule has 2 fully saturated rings. The van der Waals surface area contributed by atoms with Crippen molar-refractivity contribution in [1.82, 2.24) is 9.80 Å². The lowest BCUT2D eigenvalue weighted by atomic mass is 9.88. The van der Waals surface area contributed by atoms with Crippen molar-refractivity contribution in [3.8, 4) is 0 Å². The fraction of sp³-hybridized carbons (Fsp3) is 0.944. The standard InChI is InChI=1S/C18H36N3O4P/c1-17(2,3)13-15-14(9-12-23-15)24-26(22,25-18(4,5)6)19-16-20(7)10-11-21(16)8/h14-15H,9-13H2,1-8H3/t14-,15-,26?/m1/s1. The number of hydrogen-bond acceptors (Lipinski definition) is 4. The molecule has 8 heteroatoms. The topological polar surface area (TPSA) is 63.6 Å². The van der Waals surface area contributed by atoms with Crippen LogP contribution in [0.4, 0.5) is 0 Å². The molecule has 0 aromatic carbocycles. The molecule has 0 aliphatic carbocycles. The zero-order chi connectivity index (χ0) is 19.8. The fourth-order valence-corrected chi connectivity index (χ4v) is 5.11. The summed E-state index contributed by atoms with van der Waals surface area (Å²) in [6, 6.07) is 0. The highest BCUT2D eigenvalue weighted by atomic mass is 31.2. The molecule has 0 amide bonds. The molecule has 3 atom stereocenters. The van der Waals surface area contributed by atoms with Gasteiger partial charge in [-0.25, -0.2) is 4.57 Å². The zero-order valence-corrected chi connectivity index (χ0v) is 18.5. The molecule has 2 aliphatic rings. The second-order valence-corrected chi connectivity index (χ2v) is 11.1. The van der Waals surface area contributed by atoms with Gasteiger partial charge in [-0.2, -0.15) is 0 Å². The molecule has 0 radical (unpaired) electrons. The van der Waals surface area contributed by atoms with Gasteiger partial charge in [0.25, 0.3) is 0 Å². The number of rotatable bonds is 5. The van der Waals surface area contributed by atoms with Crippen LogP contribution < -0.4 is 0 Å². The van der Waals surface area contributed by atoms with Crippen molar-refractivity contribution in [2.24, 2.45) is 10.2 Å². The number of likely N-dealkylation sites (N-methyl/N-ethyl adjacent to an activating group) is 2. The van der Waals surface area contributed by atoms with Crippen LogP contribution in [0.1, 0.15) is 54.4 Å². The first-order valence-corrected chi connectivity index (χ1v) is 10.9. The van der Waals surface area contributed by atoms with E-state index in [2.05, 4.69) is 25.5 Å². The summed E-state index contributed by atoms with van der Waals surface area (Å²) in [5.74, 6) is 0.642. The predicted molar refractivity (Wildman–Crippen MR) is 104 cm³/mol. The van der Waals surface area contributed by atoms with E-state index in [9.17, 15) is 4.57 Å². The summed E-state index contributed by atoms with van der Waals surface area (Å²) >= 11 is 0. The first kappa shape index (κ1) is 21.7. The number of hydrogen-bond donors (Lipinski definition) is 0. The van der Waals surface area contributed by atoms with E-state index in [0.29, 0.717) is 19.0 Å². The lowest BCUT2D eigenvalue weighted by Crippen LogP contribution is -2.31. The normalized spacial score (nSPS) is 27.2. The van der Waals surface area contributed by atoms with Gasteiger partial charge < -0.3 is 14.5 Å². The van der Waals surface area contributed by atoms with Crippen LogP contribution in [0.25, 0.3) is 0 Å². The van der Waals surface area contributed by atoms with Gasteiger partial charge in [0.2, 0.25) is 5.96 Å². The van der Waals surface area contributed by atoms with Gasteiger partial charge in [-0.05, 0) is 32.6 Å². The molecule has 0 bridgehead atoms. The Balaban J connectivity index is 2.24. The molecule has 2 saturated heterocycles. The summed E-state index contributed by atoms with van der Waals surface area (Å²) in [6.45, 7) is 14.4. The average molecular weight is 389 g/mol. The fourth-order valence-electron chi connectivity index (χ4n) is 3.18. The van der Waals surface area contributed by atoms with Crippen molar-refractivity contribution >= 4 is 13.7 Å². The molecule has 0 saturated carbocycles. The average Bonchev–Trinajstić information content (AvgIpc) is 2.96. The Kier molecular flexibility index (Phi) is 6.49. The molecular formula is C18H36N3O4P. The molecule has 0 aromatic heterocycles. The highest BCUT2D eigenvalue weighted by Gasteiger charge is 2.41. The molecule has 2 heterocycles. The smallest absolute Gasteiger partial charge is 0.375 e. The van der Waals surface area contributed by atoms with Crippen molar-refractivity contribution in [2.45, 2.75) is 72.2 Å². The van der Waals surface area contributed by atoms with Crippen LogP contribution >= 0.6 is 7.75 Å². The van der Waals surface area contributed by atoms with Gasteiger partial charge in [0.15, 0.2) is 0 Å². The Labute approximate surface area is 158 Å². The summed E-state index contributed by atoms with van der Waals surface area (Å²) in [7, 11) is 0.179. The van der Waals surface area contributed by atoms with E-state index in [1.165, 1.54) is 0 Å². The van der Waals surface area contributed by atoms with E-state index < -0.39 is 13.3 Å². The second-order valence-electron chi connectivity index (χ2n) is 9.52. The maximum absolute atomic E-state index is 13.6. The summed E-state index contributed by atoms with van der Waals surface area (Å²) in [5.41, 5.74) is -0.530. The van der Waals surface area contributed by atoms with Gasteiger partial charge in [0.05, 0.1) is 17.8 Å². The molecule has 1 unspecified atom stereocenters. The van der Waals surface area contributed by atoms with Crippen LogP contribution in [-0.4, -0.2) is 67.4 Å². The van der Waals surface area contributed by atoms with E-state index >= 15 is 0 Å². The first-order chi connectivity index (χ1) is 11.8. The molecule has 26 heavy (non-hydrogen) atoms. The SMILES string of the molecule is CN1CCN(C)C1=NP(=O)(O[C@@H]1CCO[C@@H]1CC(C)(C)C)OC(C)(C)C. The zero-order valence-electron chi connectivity index (χ0n) is 17.6. The summed E-state index contributed by atoms with van der Waals surface area (Å²) in [4.78, 5) is 3.94. The molecule has 152 valence electrons. The Morgan fingerprint density at radius 1 is 1.15 bits per heavy atom. The van der Waals surface area contributed by atoms with Crippen molar-refractivity contribution < 1.29 is 18.3 Å². The van der Waals surface area contributed by atoms with Crippen molar-refractivity contribution in [2.75, 3.05) is 33.8 Å². The summed E-state index contributed by atoms with van der Waals surface area (Å²) in [6.07, 6.45) is 1.17. The Morgan fingerprint density at radius 2 is 1.73 bits per heavy atom. The number of nitrogens with zero attached hydrogens (tertiary/aromatic N) is 3. The third-order valence-corrected chi connectivity index (χ3v) is 6.03. The molecule has 7 nitrogen and oxygen atoms in total. The lowest BCUT2D eigenvalue weighted by Gasteiger charge is -2.30. The highest BCUT2D eigenvalue weighted by Crippen LogP contribution is 2.56. The van der Waals surface area contributed by atoms with Gasteiger partial charge in [-0.1, -0.05) is 20.8 Å².